The van der Waals surface area contributed by atoms with Crippen LogP contribution in [0.1, 0.15) is 19.4 Å². The van der Waals surface area contributed by atoms with E-state index in [4.69, 9.17) is 0 Å². The molecule has 1 atom stereocenters. The van der Waals surface area contributed by atoms with E-state index < -0.39 is 0 Å². The molecule has 16 heavy (non-hydrogen) atoms. The van der Waals surface area contributed by atoms with E-state index in [1.807, 2.05) is 0 Å². The largest absolute Gasteiger partial charge is 0.374 e. The van der Waals surface area contributed by atoms with Crippen molar-refractivity contribution < 1.29 is 0 Å². The van der Waals surface area contributed by atoms with E-state index in [0.717, 1.165) is 19.6 Å². The minimum Gasteiger partial charge on any atom is -0.374 e. The summed E-state index contributed by atoms with van der Waals surface area (Å²) in [7, 11) is 2.17. The third-order valence-electron chi connectivity index (χ3n) is 2.86. The van der Waals surface area contributed by atoms with Crippen molar-refractivity contribution in [2.24, 2.45) is 5.92 Å². The van der Waals surface area contributed by atoms with Crippen LogP contribution >= 0.6 is 0 Å². The average molecular weight is 220 g/mol. The van der Waals surface area contributed by atoms with Gasteiger partial charge in [-0.25, -0.2) is 0 Å². The number of rotatable bonds is 6. The summed E-state index contributed by atoms with van der Waals surface area (Å²) in [5.74, 6) is 0.671. The molecular formula is C14H24N2. The van der Waals surface area contributed by atoms with E-state index in [2.05, 4.69) is 62.3 Å². The van der Waals surface area contributed by atoms with Gasteiger partial charge in [-0.15, -0.1) is 0 Å². The van der Waals surface area contributed by atoms with Gasteiger partial charge in [0, 0.05) is 19.3 Å². The Labute approximate surface area is 99.7 Å². The van der Waals surface area contributed by atoms with Crippen LogP contribution in [-0.4, -0.2) is 26.7 Å². The Kier molecular flexibility index (Phi) is 5.33. The molecule has 1 aromatic rings. The van der Waals surface area contributed by atoms with Gasteiger partial charge in [0.15, 0.2) is 0 Å². The number of benzene rings is 1. The van der Waals surface area contributed by atoms with E-state index in [-0.39, 0.29) is 0 Å². The second-order valence-electron chi connectivity index (χ2n) is 4.58. The van der Waals surface area contributed by atoms with Gasteiger partial charge in [0.2, 0.25) is 0 Å². The second kappa shape index (κ2) is 6.54. The molecule has 0 aliphatic carbocycles. The molecule has 0 aliphatic rings. The number of hydrogen-bond acceptors (Lipinski definition) is 2. The fourth-order valence-electron chi connectivity index (χ4n) is 2.01. The predicted molar refractivity (Wildman–Crippen MR) is 72.2 cm³/mol. The van der Waals surface area contributed by atoms with Crippen LogP contribution in [0, 0.1) is 12.8 Å². The van der Waals surface area contributed by atoms with Crippen LogP contribution < -0.4 is 10.2 Å². The normalized spacial score (nSPS) is 12.5. The molecule has 0 spiro atoms. The number of hydrogen-bond donors (Lipinski definition) is 1. The topological polar surface area (TPSA) is 15.3 Å². The number of nitrogens with one attached hydrogen (secondary N) is 1. The summed E-state index contributed by atoms with van der Waals surface area (Å²) in [5.41, 5.74) is 2.69. The van der Waals surface area contributed by atoms with E-state index in [9.17, 15) is 0 Å². The molecule has 2 heteroatoms. The predicted octanol–water partition coefficient (Wildman–Crippen LogP) is 2.68. The molecule has 0 amide bonds. The van der Waals surface area contributed by atoms with E-state index in [0.29, 0.717) is 5.92 Å². The van der Waals surface area contributed by atoms with Crippen molar-refractivity contribution in [3.8, 4) is 0 Å². The minimum absolute atomic E-state index is 0.671. The Morgan fingerprint density at radius 3 is 2.62 bits per heavy atom. The lowest BCUT2D eigenvalue weighted by atomic mass is 10.1. The Balaban J connectivity index is 2.52. The van der Waals surface area contributed by atoms with Gasteiger partial charge in [-0.05, 0) is 37.6 Å². The molecule has 0 heterocycles. The highest BCUT2D eigenvalue weighted by atomic mass is 15.1. The van der Waals surface area contributed by atoms with E-state index in [1.54, 1.807) is 0 Å². The quantitative estimate of drug-likeness (QED) is 0.793. The zero-order chi connectivity index (χ0) is 12.0. The molecule has 0 fully saturated rings. The lowest BCUT2D eigenvalue weighted by molar-refractivity contribution is 0.523. The Hall–Kier alpha value is -1.02. The molecule has 1 N–H and O–H groups in total. The molecule has 0 bridgehead atoms. The van der Waals surface area contributed by atoms with Crippen molar-refractivity contribution in [1.29, 1.82) is 0 Å². The molecule has 90 valence electrons. The van der Waals surface area contributed by atoms with Crippen molar-refractivity contribution in [2.45, 2.75) is 20.8 Å². The Morgan fingerprint density at radius 1 is 1.31 bits per heavy atom. The van der Waals surface area contributed by atoms with Crippen molar-refractivity contribution >= 4 is 5.69 Å². The zero-order valence-electron chi connectivity index (χ0n) is 11.0. The first-order valence-electron chi connectivity index (χ1n) is 6.12. The van der Waals surface area contributed by atoms with Crippen molar-refractivity contribution in [3.05, 3.63) is 29.8 Å². The lowest BCUT2D eigenvalue weighted by Crippen LogP contribution is -2.31. The highest BCUT2D eigenvalue weighted by Gasteiger charge is 2.08. The summed E-state index contributed by atoms with van der Waals surface area (Å²) in [5, 5.41) is 3.39. The first kappa shape index (κ1) is 13.0. The lowest BCUT2D eigenvalue weighted by Gasteiger charge is -2.25. The molecule has 1 unspecified atom stereocenters. The van der Waals surface area contributed by atoms with Crippen LogP contribution in [0.4, 0.5) is 5.69 Å². The summed E-state index contributed by atoms with van der Waals surface area (Å²) >= 11 is 0. The van der Waals surface area contributed by atoms with Crippen LogP contribution in [-0.2, 0) is 0 Å². The fourth-order valence-corrected chi connectivity index (χ4v) is 2.01. The van der Waals surface area contributed by atoms with Gasteiger partial charge in [0.1, 0.15) is 0 Å². The molecule has 0 aromatic heterocycles. The molecule has 0 saturated heterocycles. The van der Waals surface area contributed by atoms with Gasteiger partial charge in [0.25, 0.3) is 0 Å². The Morgan fingerprint density at radius 2 is 2.00 bits per heavy atom. The zero-order valence-corrected chi connectivity index (χ0v) is 11.0. The van der Waals surface area contributed by atoms with Crippen LogP contribution in [0.5, 0.6) is 0 Å². The fraction of sp³-hybridized carbons (Fsp3) is 0.571. The van der Waals surface area contributed by atoms with Gasteiger partial charge in [-0.2, -0.15) is 0 Å². The molecule has 1 rings (SSSR count). The van der Waals surface area contributed by atoms with Crippen LogP contribution in [0.3, 0.4) is 0 Å². The smallest absolute Gasteiger partial charge is 0.0393 e. The maximum atomic E-state index is 3.39. The molecule has 2 nitrogen and oxygen atoms in total. The number of nitrogens with zero attached hydrogens (tertiary/aromatic N) is 1. The Bertz CT molecular complexity index is 309. The van der Waals surface area contributed by atoms with E-state index in [1.165, 1.54) is 11.3 Å². The number of anilines is 1. The maximum Gasteiger partial charge on any atom is 0.0393 e. The monoisotopic (exact) mass is 220 g/mol. The summed E-state index contributed by atoms with van der Waals surface area (Å²) in [6.07, 6.45) is 0. The molecule has 1 aromatic carbocycles. The first-order chi connectivity index (χ1) is 7.65. The van der Waals surface area contributed by atoms with Gasteiger partial charge in [0.05, 0.1) is 0 Å². The SMILES string of the molecule is CCNCC(C)CN(C)c1ccccc1C. The van der Waals surface area contributed by atoms with Crippen molar-refractivity contribution in [2.75, 3.05) is 31.6 Å². The van der Waals surface area contributed by atoms with Gasteiger partial charge in [-0.3, -0.25) is 0 Å². The minimum atomic E-state index is 0.671. The van der Waals surface area contributed by atoms with Gasteiger partial charge >= 0.3 is 0 Å². The summed E-state index contributed by atoms with van der Waals surface area (Å²) in [4.78, 5) is 2.34. The molecule has 0 radical (unpaired) electrons. The van der Waals surface area contributed by atoms with Crippen LogP contribution in [0.15, 0.2) is 24.3 Å². The summed E-state index contributed by atoms with van der Waals surface area (Å²) in [6, 6.07) is 8.55. The molecule has 0 saturated carbocycles. The number of aryl methyl sites for hydroxylation is 1. The third-order valence-corrected chi connectivity index (χ3v) is 2.86. The average Bonchev–Trinajstić information content (AvgIpc) is 2.26. The molecule has 0 aliphatic heterocycles. The van der Waals surface area contributed by atoms with Gasteiger partial charge in [-0.1, -0.05) is 32.0 Å². The highest BCUT2D eigenvalue weighted by molar-refractivity contribution is 5.52. The number of para-hydroxylation sites is 1. The highest BCUT2D eigenvalue weighted by Crippen LogP contribution is 2.18. The van der Waals surface area contributed by atoms with Crippen molar-refractivity contribution in [3.63, 3.8) is 0 Å². The maximum absolute atomic E-state index is 3.39. The first-order valence-corrected chi connectivity index (χ1v) is 6.12. The summed E-state index contributed by atoms with van der Waals surface area (Å²) < 4.78 is 0. The van der Waals surface area contributed by atoms with E-state index >= 15 is 0 Å². The standard InChI is InChI=1S/C14H24N2/c1-5-15-10-12(2)11-16(4)14-9-7-6-8-13(14)3/h6-9,12,15H,5,10-11H2,1-4H3. The molecular weight excluding hydrogens is 196 g/mol. The third kappa shape index (κ3) is 3.86. The van der Waals surface area contributed by atoms with Gasteiger partial charge < -0.3 is 10.2 Å². The summed E-state index contributed by atoms with van der Waals surface area (Å²) in [6.45, 7) is 9.85. The van der Waals surface area contributed by atoms with Crippen molar-refractivity contribution in [1.82, 2.24) is 5.32 Å². The van der Waals surface area contributed by atoms with Crippen LogP contribution in [0.25, 0.3) is 0 Å². The second-order valence-corrected chi connectivity index (χ2v) is 4.58. The van der Waals surface area contributed by atoms with Crippen LogP contribution in [0.2, 0.25) is 0 Å².